The minimum absolute atomic E-state index is 0. The highest BCUT2D eigenvalue weighted by Gasteiger charge is 2.02. The highest BCUT2D eigenvalue weighted by molar-refractivity contribution is 7.79. The van der Waals surface area contributed by atoms with Crippen LogP contribution in [0.15, 0.2) is 0 Å². The maximum Gasteiger partial charge on any atom is 0.394 e. The lowest BCUT2D eigenvalue weighted by atomic mass is 10.4. The summed E-state index contributed by atoms with van der Waals surface area (Å²) in [7, 11) is -4.67. The molecular formula is C4H12N6O5S. The molecule has 0 bridgehead atoms. The second-order valence-electron chi connectivity index (χ2n) is 2.21. The zero-order chi connectivity index (χ0) is 12.2. The molecule has 1 aromatic heterocycles. The highest BCUT2D eigenvalue weighted by atomic mass is 32.3. The van der Waals surface area contributed by atoms with Crippen LogP contribution in [-0.2, 0) is 10.4 Å². The van der Waals surface area contributed by atoms with E-state index in [1.807, 2.05) is 0 Å². The van der Waals surface area contributed by atoms with Gasteiger partial charge in [-0.3, -0.25) is 9.11 Å². The fourth-order valence-electron chi connectivity index (χ4n) is 0.523. The lowest BCUT2D eigenvalue weighted by molar-refractivity contribution is 0.381. The van der Waals surface area contributed by atoms with Gasteiger partial charge in [-0.2, -0.15) is 18.4 Å². The smallest absolute Gasteiger partial charge is 0.394 e. The molecule has 0 spiro atoms. The van der Waals surface area contributed by atoms with Crippen LogP contribution in [0, 0.1) is 0 Å². The van der Waals surface area contributed by atoms with Crippen molar-refractivity contribution in [3.8, 4) is 0 Å². The van der Waals surface area contributed by atoms with Gasteiger partial charge in [-0.15, -0.1) is 0 Å². The van der Waals surface area contributed by atoms with E-state index in [-0.39, 0.29) is 28.7 Å². The molecule has 0 radical (unpaired) electrons. The van der Waals surface area contributed by atoms with Gasteiger partial charge in [0.15, 0.2) is 11.6 Å². The summed E-state index contributed by atoms with van der Waals surface area (Å²) in [5.41, 5.74) is 21.3. The molecule has 0 fully saturated rings. The highest BCUT2D eigenvalue weighted by Crippen LogP contribution is 2.17. The first-order valence-corrected chi connectivity index (χ1v) is 4.64. The number of anilines is 4. The van der Waals surface area contributed by atoms with Crippen LogP contribution in [-0.4, -0.2) is 33.0 Å². The van der Waals surface area contributed by atoms with Crippen LogP contribution in [0.3, 0.4) is 0 Å². The molecule has 0 unspecified atom stereocenters. The molecule has 0 aromatic carbocycles. The summed E-state index contributed by atoms with van der Waals surface area (Å²) in [6.07, 6.45) is 0. The largest absolute Gasteiger partial charge is 0.412 e. The fraction of sp³-hybridized carbons (Fsp3) is 0. The quantitative estimate of drug-likeness (QED) is 0.263. The van der Waals surface area contributed by atoms with Crippen molar-refractivity contribution in [2.24, 2.45) is 0 Å². The normalized spacial score (nSPS) is 9.62. The Morgan fingerprint density at radius 2 is 1.19 bits per heavy atom. The average molecular weight is 256 g/mol. The van der Waals surface area contributed by atoms with Gasteiger partial charge in [0.05, 0.1) is 0 Å². The molecule has 0 amide bonds. The SMILES string of the molecule is Nc1nc(N)c(N)c(N)n1.O.O=S(=O)(O)O. The Balaban J connectivity index is 0. The molecule has 11 nitrogen and oxygen atoms in total. The number of rotatable bonds is 0. The van der Waals surface area contributed by atoms with Gasteiger partial charge in [-0.05, 0) is 0 Å². The van der Waals surface area contributed by atoms with Crippen molar-refractivity contribution in [1.82, 2.24) is 9.97 Å². The Morgan fingerprint density at radius 1 is 0.938 bits per heavy atom. The summed E-state index contributed by atoms with van der Waals surface area (Å²) in [6, 6.07) is 0. The predicted octanol–water partition coefficient (Wildman–Crippen LogP) is -2.67. The van der Waals surface area contributed by atoms with Crippen molar-refractivity contribution < 1.29 is 23.0 Å². The molecule has 0 aliphatic rings. The lowest BCUT2D eigenvalue weighted by Crippen LogP contribution is -2.07. The Bertz CT molecular complexity index is 415. The van der Waals surface area contributed by atoms with Crippen LogP contribution in [0.1, 0.15) is 0 Å². The van der Waals surface area contributed by atoms with E-state index in [1.165, 1.54) is 0 Å². The topological polar surface area (TPSA) is 236 Å². The number of hydrogen-bond acceptors (Lipinski definition) is 8. The van der Waals surface area contributed by atoms with E-state index in [0.717, 1.165) is 0 Å². The first-order valence-electron chi connectivity index (χ1n) is 3.25. The average Bonchev–Trinajstić information content (AvgIpc) is 1.96. The summed E-state index contributed by atoms with van der Waals surface area (Å²) < 4.78 is 31.6. The third-order valence-corrected chi connectivity index (χ3v) is 1.02. The van der Waals surface area contributed by atoms with Crippen LogP contribution in [0.2, 0.25) is 0 Å². The fourth-order valence-corrected chi connectivity index (χ4v) is 0.523. The second-order valence-corrected chi connectivity index (χ2v) is 3.11. The van der Waals surface area contributed by atoms with Crippen molar-refractivity contribution in [3.63, 3.8) is 0 Å². The molecular weight excluding hydrogens is 244 g/mol. The van der Waals surface area contributed by atoms with Crippen molar-refractivity contribution in [3.05, 3.63) is 0 Å². The molecule has 1 heterocycles. The molecule has 0 aliphatic heterocycles. The summed E-state index contributed by atoms with van der Waals surface area (Å²) in [6.45, 7) is 0. The van der Waals surface area contributed by atoms with Crippen LogP contribution in [0.4, 0.5) is 23.3 Å². The van der Waals surface area contributed by atoms with E-state index in [0.29, 0.717) is 0 Å². The van der Waals surface area contributed by atoms with Crippen LogP contribution in [0.25, 0.3) is 0 Å². The minimum atomic E-state index is -4.67. The molecule has 12 heteroatoms. The number of hydrogen-bond donors (Lipinski definition) is 6. The van der Waals surface area contributed by atoms with E-state index in [1.54, 1.807) is 0 Å². The van der Waals surface area contributed by atoms with E-state index < -0.39 is 10.4 Å². The Kier molecular flexibility index (Phi) is 6.06. The van der Waals surface area contributed by atoms with Gasteiger partial charge in [-0.1, -0.05) is 0 Å². The van der Waals surface area contributed by atoms with Crippen molar-refractivity contribution in [2.45, 2.75) is 0 Å². The molecule has 1 rings (SSSR count). The molecule has 94 valence electrons. The summed E-state index contributed by atoms with van der Waals surface area (Å²) in [5, 5.41) is 0. The van der Waals surface area contributed by atoms with E-state index >= 15 is 0 Å². The molecule has 16 heavy (non-hydrogen) atoms. The zero-order valence-electron chi connectivity index (χ0n) is 7.82. The van der Waals surface area contributed by atoms with Crippen LogP contribution < -0.4 is 22.9 Å². The summed E-state index contributed by atoms with van der Waals surface area (Å²) in [5.74, 6) is 0.263. The predicted molar refractivity (Wildman–Crippen MR) is 57.5 cm³/mol. The summed E-state index contributed by atoms with van der Waals surface area (Å²) >= 11 is 0. The van der Waals surface area contributed by atoms with Gasteiger partial charge in [0.1, 0.15) is 5.69 Å². The third kappa shape index (κ3) is 7.51. The third-order valence-electron chi connectivity index (χ3n) is 1.02. The zero-order valence-corrected chi connectivity index (χ0v) is 8.64. The van der Waals surface area contributed by atoms with Gasteiger partial charge < -0.3 is 28.4 Å². The van der Waals surface area contributed by atoms with E-state index in [9.17, 15) is 0 Å². The summed E-state index contributed by atoms with van der Waals surface area (Å²) in [4.78, 5) is 7.15. The molecule has 12 N–H and O–H groups in total. The maximum atomic E-state index is 8.74. The second kappa shape index (κ2) is 5.86. The van der Waals surface area contributed by atoms with Crippen LogP contribution >= 0.6 is 0 Å². The van der Waals surface area contributed by atoms with Crippen LogP contribution in [0.5, 0.6) is 0 Å². The molecule has 1 aromatic rings. The van der Waals surface area contributed by atoms with Crippen molar-refractivity contribution in [1.29, 1.82) is 0 Å². The standard InChI is InChI=1S/C4H8N6.H2O4S.H2O/c5-1-2(6)9-4(8)10-3(1)7;1-5(2,3)4;/h5H2,(H6,6,7,8,9,10);(H2,1,2,3,4);1H2. The first kappa shape index (κ1) is 16.5. The molecule has 0 aliphatic carbocycles. The number of aromatic nitrogens is 2. The Hall–Kier alpha value is -1.89. The Labute approximate surface area is 90.3 Å². The number of nitrogens with zero attached hydrogens (tertiary/aromatic N) is 2. The first-order chi connectivity index (χ1) is 6.61. The van der Waals surface area contributed by atoms with Gasteiger partial charge in [0.2, 0.25) is 5.95 Å². The van der Waals surface area contributed by atoms with Crippen molar-refractivity contribution >= 4 is 33.7 Å². The van der Waals surface area contributed by atoms with Gasteiger partial charge in [0.25, 0.3) is 0 Å². The van der Waals surface area contributed by atoms with Gasteiger partial charge >= 0.3 is 10.4 Å². The number of nitrogen functional groups attached to an aromatic ring is 4. The van der Waals surface area contributed by atoms with Gasteiger partial charge in [0, 0.05) is 0 Å². The van der Waals surface area contributed by atoms with Gasteiger partial charge in [-0.25, -0.2) is 0 Å². The molecule has 0 atom stereocenters. The Morgan fingerprint density at radius 3 is 1.44 bits per heavy atom. The lowest BCUT2D eigenvalue weighted by Gasteiger charge is -2.01. The molecule has 0 saturated heterocycles. The van der Waals surface area contributed by atoms with E-state index in [2.05, 4.69) is 9.97 Å². The monoisotopic (exact) mass is 256 g/mol. The molecule has 0 saturated carbocycles. The van der Waals surface area contributed by atoms with Crippen molar-refractivity contribution in [2.75, 3.05) is 22.9 Å². The minimum Gasteiger partial charge on any atom is -0.412 e. The number of nitrogens with two attached hydrogens (primary N) is 4. The maximum absolute atomic E-state index is 8.74. The van der Waals surface area contributed by atoms with E-state index in [4.69, 9.17) is 40.5 Å².